The van der Waals surface area contributed by atoms with E-state index in [4.69, 9.17) is 0 Å². The number of amides is 1. The fourth-order valence-electron chi connectivity index (χ4n) is 1.08. The van der Waals surface area contributed by atoms with Crippen LogP contribution in [0.1, 0.15) is 12.5 Å². The highest BCUT2D eigenvalue weighted by atomic mass is 19.3. The monoisotopic (exact) mass is 234 g/mol. The molecule has 87 valence electrons. The fourth-order valence-corrected chi connectivity index (χ4v) is 1.08. The van der Waals surface area contributed by atoms with Crippen molar-refractivity contribution in [2.24, 2.45) is 0 Å². The molecule has 0 aromatic heterocycles. The minimum atomic E-state index is -4.24. The standard InChI is InChI=1S/C10H8F4NO/c1-9(11,12)10(13,14)7-2-4-8(5-3-7)15-6-16/h2-5H,1H3,(H,15,16). The van der Waals surface area contributed by atoms with E-state index in [-0.39, 0.29) is 12.6 Å². The smallest absolute Gasteiger partial charge is 0.318 e. The van der Waals surface area contributed by atoms with Crippen molar-refractivity contribution in [3.63, 3.8) is 0 Å². The molecule has 16 heavy (non-hydrogen) atoms. The second kappa shape index (κ2) is 4.11. The quantitative estimate of drug-likeness (QED) is 0.629. The molecule has 0 saturated heterocycles. The van der Waals surface area contributed by atoms with Crippen molar-refractivity contribution in [3.05, 3.63) is 29.8 Å². The molecule has 0 atom stereocenters. The Labute approximate surface area is 89.3 Å². The maximum atomic E-state index is 13.1. The van der Waals surface area contributed by atoms with Crippen LogP contribution in [-0.4, -0.2) is 12.3 Å². The summed E-state index contributed by atoms with van der Waals surface area (Å²) >= 11 is 0. The number of carbonyl (C=O) groups excluding carboxylic acids is 1. The Morgan fingerprint density at radius 1 is 1.12 bits per heavy atom. The molecule has 1 aromatic rings. The Bertz CT molecular complexity index is 369. The zero-order chi connectivity index (χ0) is 12.4. The maximum Gasteiger partial charge on any atom is 0.335 e. The molecule has 0 heterocycles. The molecule has 0 aliphatic carbocycles. The fraction of sp³-hybridized carbons (Fsp3) is 0.300. The molecule has 0 unspecified atom stereocenters. The zero-order valence-electron chi connectivity index (χ0n) is 8.23. The van der Waals surface area contributed by atoms with E-state index in [9.17, 15) is 22.4 Å². The van der Waals surface area contributed by atoms with Crippen molar-refractivity contribution in [1.82, 2.24) is 0 Å². The number of benzene rings is 1. The molecular formula is C10H8F4NO. The van der Waals surface area contributed by atoms with Crippen molar-refractivity contribution in [2.45, 2.75) is 18.8 Å². The van der Waals surface area contributed by atoms with Crippen LogP contribution in [0.2, 0.25) is 0 Å². The van der Waals surface area contributed by atoms with Gasteiger partial charge in [-0.05, 0) is 12.1 Å². The molecule has 1 radical (unpaired) electrons. The summed E-state index contributed by atoms with van der Waals surface area (Å²) in [6, 6.07) is 3.86. The molecule has 0 fully saturated rings. The molecule has 6 heteroatoms. The number of hydrogen-bond donors (Lipinski definition) is 1. The first-order valence-electron chi connectivity index (χ1n) is 4.28. The Hall–Kier alpha value is -1.59. The van der Waals surface area contributed by atoms with Gasteiger partial charge in [-0.25, -0.2) is 0 Å². The van der Waals surface area contributed by atoms with Gasteiger partial charge >= 0.3 is 18.3 Å². The average molecular weight is 234 g/mol. The van der Waals surface area contributed by atoms with Gasteiger partial charge in [0.15, 0.2) is 0 Å². The lowest BCUT2D eigenvalue weighted by molar-refractivity contribution is -0.204. The van der Waals surface area contributed by atoms with Gasteiger partial charge in [-0.15, -0.1) is 0 Å². The molecular weight excluding hydrogens is 226 g/mol. The van der Waals surface area contributed by atoms with Crippen LogP contribution in [0.15, 0.2) is 24.3 Å². The number of anilines is 1. The van der Waals surface area contributed by atoms with Crippen LogP contribution in [-0.2, 0) is 10.7 Å². The van der Waals surface area contributed by atoms with E-state index >= 15 is 0 Å². The average Bonchev–Trinajstić information content (AvgIpc) is 2.17. The summed E-state index contributed by atoms with van der Waals surface area (Å²) in [5, 5.41) is 2.09. The first-order valence-corrected chi connectivity index (χ1v) is 4.28. The Morgan fingerprint density at radius 3 is 2.00 bits per heavy atom. The Morgan fingerprint density at radius 2 is 1.62 bits per heavy atom. The van der Waals surface area contributed by atoms with Crippen LogP contribution in [0.4, 0.5) is 23.2 Å². The molecule has 0 aliphatic rings. The largest absolute Gasteiger partial charge is 0.335 e. The van der Waals surface area contributed by atoms with Gasteiger partial charge < -0.3 is 5.32 Å². The van der Waals surface area contributed by atoms with Crippen molar-refractivity contribution in [1.29, 1.82) is 0 Å². The summed E-state index contributed by atoms with van der Waals surface area (Å²) in [5.41, 5.74) is -0.606. The third-order valence-electron chi connectivity index (χ3n) is 1.99. The van der Waals surface area contributed by atoms with Gasteiger partial charge in [-0.3, -0.25) is 4.79 Å². The van der Waals surface area contributed by atoms with Gasteiger partial charge in [0, 0.05) is 18.2 Å². The molecule has 0 saturated carbocycles. The van der Waals surface area contributed by atoms with E-state index in [1.54, 1.807) is 0 Å². The maximum absolute atomic E-state index is 13.1. The lowest BCUT2D eigenvalue weighted by Gasteiger charge is -2.23. The number of halogens is 4. The minimum absolute atomic E-state index is 0.151. The Kier molecular flexibility index (Phi) is 3.21. The van der Waals surface area contributed by atoms with E-state index in [1.165, 1.54) is 6.41 Å². The van der Waals surface area contributed by atoms with Crippen LogP contribution in [0, 0.1) is 0 Å². The molecule has 1 aromatic carbocycles. The van der Waals surface area contributed by atoms with Crippen molar-refractivity contribution >= 4 is 12.1 Å². The predicted octanol–water partition coefficient (Wildman–Crippen LogP) is 2.91. The summed E-state index contributed by atoms with van der Waals surface area (Å²) < 4.78 is 51.5. The molecule has 1 N–H and O–H groups in total. The van der Waals surface area contributed by atoms with Crippen LogP contribution >= 0.6 is 0 Å². The van der Waals surface area contributed by atoms with Crippen LogP contribution < -0.4 is 5.32 Å². The zero-order valence-corrected chi connectivity index (χ0v) is 8.23. The van der Waals surface area contributed by atoms with Gasteiger partial charge in [0.25, 0.3) is 0 Å². The highest BCUT2D eigenvalue weighted by Gasteiger charge is 2.53. The lowest BCUT2D eigenvalue weighted by Crippen LogP contribution is -2.34. The first kappa shape index (κ1) is 12.5. The topological polar surface area (TPSA) is 29.1 Å². The van der Waals surface area contributed by atoms with Gasteiger partial charge in [0.1, 0.15) is 0 Å². The highest BCUT2D eigenvalue weighted by Crippen LogP contribution is 2.42. The SMILES string of the molecule is CC(F)(F)C(F)(F)c1ccc(N[C]=O)cc1. The molecule has 0 bridgehead atoms. The van der Waals surface area contributed by atoms with E-state index in [1.807, 2.05) is 0 Å². The summed E-state index contributed by atoms with van der Waals surface area (Å²) in [7, 11) is 0. The third-order valence-corrected chi connectivity index (χ3v) is 1.99. The number of nitrogens with one attached hydrogen (secondary N) is 1. The molecule has 0 aliphatic heterocycles. The van der Waals surface area contributed by atoms with E-state index in [2.05, 4.69) is 5.32 Å². The van der Waals surface area contributed by atoms with Gasteiger partial charge in [0.2, 0.25) is 0 Å². The van der Waals surface area contributed by atoms with Gasteiger partial charge in [-0.1, -0.05) is 12.1 Å². The van der Waals surface area contributed by atoms with Crippen LogP contribution in [0.5, 0.6) is 0 Å². The molecule has 1 amide bonds. The Balaban J connectivity index is 3.01. The predicted molar refractivity (Wildman–Crippen MR) is 50.3 cm³/mol. The third kappa shape index (κ3) is 2.32. The second-order valence-corrected chi connectivity index (χ2v) is 3.27. The van der Waals surface area contributed by atoms with Gasteiger partial charge in [-0.2, -0.15) is 17.6 Å². The summed E-state index contributed by atoms with van der Waals surface area (Å²) in [6.07, 6.45) is 1.34. The molecule has 2 nitrogen and oxygen atoms in total. The van der Waals surface area contributed by atoms with Crippen molar-refractivity contribution in [2.75, 3.05) is 5.32 Å². The molecule has 0 spiro atoms. The molecule has 1 rings (SSSR count). The summed E-state index contributed by atoms with van der Waals surface area (Å²) in [5.74, 6) is -8.38. The number of hydrogen-bond acceptors (Lipinski definition) is 1. The van der Waals surface area contributed by atoms with E-state index < -0.39 is 17.4 Å². The lowest BCUT2D eigenvalue weighted by atomic mass is 10.0. The second-order valence-electron chi connectivity index (χ2n) is 3.27. The number of alkyl halides is 4. The van der Waals surface area contributed by atoms with E-state index in [0.717, 1.165) is 24.3 Å². The summed E-state index contributed by atoms with van der Waals surface area (Å²) in [4.78, 5) is 9.91. The van der Waals surface area contributed by atoms with Crippen molar-refractivity contribution in [3.8, 4) is 0 Å². The van der Waals surface area contributed by atoms with Crippen molar-refractivity contribution < 1.29 is 22.4 Å². The normalized spacial score (nSPS) is 12.3. The van der Waals surface area contributed by atoms with Crippen LogP contribution in [0.25, 0.3) is 0 Å². The first-order chi connectivity index (χ1) is 7.29. The van der Waals surface area contributed by atoms with E-state index in [0.29, 0.717) is 0 Å². The van der Waals surface area contributed by atoms with Crippen LogP contribution in [0.3, 0.4) is 0 Å². The highest BCUT2D eigenvalue weighted by molar-refractivity contribution is 5.71. The summed E-state index contributed by atoms with van der Waals surface area (Å²) in [6.45, 7) is 0.151. The van der Waals surface area contributed by atoms with Gasteiger partial charge in [0.05, 0.1) is 0 Å². The number of rotatable bonds is 4. The minimum Gasteiger partial charge on any atom is -0.318 e.